The summed E-state index contributed by atoms with van der Waals surface area (Å²) in [5, 5.41) is 9.75. The predicted molar refractivity (Wildman–Crippen MR) is 61.5 cm³/mol. The minimum atomic E-state index is -0.730. The highest BCUT2D eigenvalue weighted by Crippen LogP contribution is 2.53. The lowest BCUT2D eigenvalue weighted by molar-refractivity contribution is -0.138. The van der Waals surface area contributed by atoms with Gasteiger partial charge in [-0.25, -0.2) is 0 Å². The van der Waals surface area contributed by atoms with Crippen LogP contribution < -0.4 is 9.64 Å². The van der Waals surface area contributed by atoms with Crippen LogP contribution in [0.25, 0.3) is 0 Å². The molecule has 2 unspecified atom stereocenters. The molecule has 6 heteroatoms. The molecule has 1 aliphatic rings. The van der Waals surface area contributed by atoms with Crippen molar-refractivity contribution in [2.75, 3.05) is 26.1 Å². The molecule has 1 aliphatic carbocycles. The number of thiazole rings is 1. The van der Waals surface area contributed by atoms with Crippen LogP contribution in [-0.2, 0) is 4.79 Å². The van der Waals surface area contributed by atoms with Crippen LogP contribution in [0.5, 0.6) is 5.88 Å². The fourth-order valence-corrected chi connectivity index (χ4v) is 2.77. The number of hydrogen-bond donors (Lipinski definition) is 1. The van der Waals surface area contributed by atoms with E-state index in [2.05, 4.69) is 4.98 Å². The molecule has 2 atom stereocenters. The number of anilines is 1. The zero-order chi connectivity index (χ0) is 11.9. The van der Waals surface area contributed by atoms with Crippen molar-refractivity contribution in [3.63, 3.8) is 0 Å². The first-order valence-corrected chi connectivity index (χ1v) is 5.81. The van der Waals surface area contributed by atoms with Crippen LogP contribution in [0.15, 0.2) is 0 Å². The normalized spacial score (nSPS) is 22.9. The molecule has 16 heavy (non-hydrogen) atoms. The molecule has 0 radical (unpaired) electrons. The van der Waals surface area contributed by atoms with Crippen LogP contribution in [0.1, 0.15) is 17.2 Å². The third kappa shape index (κ3) is 1.84. The number of carbonyl (C=O) groups is 1. The average Bonchev–Trinajstić information content (AvgIpc) is 2.90. The molecular weight excluding hydrogens is 228 g/mol. The number of carboxylic acid groups (broad SMARTS) is 1. The zero-order valence-electron chi connectivity index (χ0n) is 9.43. The van der Waals surface area contributed by atoms with Gasteiger partial charge < -0.3 is 14.7 Å². The quantitative estimate of drug-likeness (QED) is 0.864. The first-order chi connectivity index (χ1) is 7.54. The SMILES string of the molecule is COc1nc(N(C)C)sc1C1CC1C(=O)O. The first kappa shape index (κ1) is 11.2. The van der Waals surface area contributed by atoms with Gasteiger partial charge >= 0.3 is 5.97 Å². The lowest BCUT2D eigenvalue weighted by Gasteiger charge is -2.04. The predicted octanol–water partition coefficient (Wildman–Crippen LogP) is 1.41. The largest absolute Gasteiger partial charge is 0.481 e. The Morgan fingerprint density at radius 3 is 2.75 bits per heavy atom. The van der Waals surface area contributed by atoms with E-state index in [0.717, 1.165) is 10.0 Å². The summed E-state index contributed by atoms with van der Waals surface area (Å²) in [6, 6.07) is 0. The fraction of sp³-hybridized carbons (Fsp3) is 0.600. The maximum atomic E-state index is 10.8. The fourth-order valence-electron chi connectivity index (χ4n) is 1.64. The third-order valence-corrected chi connectivity index (χ3v) is 3.97. The minimum absolute atomic E-state index is 0.0821. The molecule has 0 aliphatic heterocycles. The van der Waals surface area contributed by atoms with E-state index in [4.69, 9.17) is 9.84 Å². The number of rotatable bonds is 4. The van der Waals surface area contributed by atoms with Crippen molar-refractivity contribution in [1.29, 1.82) is 0 Å². The lowest BCUT2D eigenvalue weighted by atomic mass is 10.3. The average molecular weight is 242 g/mol. The van der Waals surface area contributed by atoms with Gasteiger partial charge in [-0.3, -0.25) is 4.79 Å². The van der Waals surface area contributed by atoms with E-state index < -0.39 is 5.97 Å². The van der Waals surface area contributed by atoms with E-state index in [-0.39, 0.29) is 11.8 Å². The van der Waals surface area contributed by atoms with Crippen molar-refractivity contribution in [3.8, 4) is 5.88 Å². The summed E-state index contributed by atoms with van der Waals surface area (Å²) in [6.07, 6.45) is 0.695. The summed E-state index contributed by atoms with van der Waals surface area (Å²) >= 11 is 1.51. The number of nitrogens with zero attached hydrogens (tertiary/aromatic N) is 2. The van der Waals surface area contributed by atoms with Crippen LogP contribution >= 0.6 is 11.3 Å². The smallest absolute Gasteiger partial charge is 0.307 e. The van der Waals surface area contributed by atoms with Gasteiger partial charge in [-0.1, -0.05) is 11.3 Å². The molecule has 0 amide bonds. The van der Waals surface area contributed by atoms with E-state index in [1.165, 1.54) is 11.3 Å². The Labute approximate surface area is 97.7 Å². The highest BCUT2D eigenvalue weighted by Gasteiger charge is 2.47. The van der Waals surface area contributed by atoms with Gasteiger partial charge in [-0.2, -0.15) is 4.98 Å². The van der Waals surface area contributed by atoms with Crippen molar-refractivity contribution < 1.29 is 14.6 Å². The zero-order valence-corrected chi connectivity index (χ0v) is 10.2. The molecule has 1 aromatic rings. The Balaban J connectivity index is 2.24. The Morgan fingerprint density at radius 1 is 1.62 bits per heavy atom. The van der Waals surface area contributed by atoms with E-state index in [0.29, 0.717) is 12.3 Å². The topological polar surface area (TPSA) is 62.7 Å². The van der Waals surface area contributed by atoms with E-state index >= 15 is 0 Å². The second kappa shape index (κ2) is 3.93. The number of carboxylic acids is 1. The number of ether oxygens (including phenoxy) is 1. The van der Waals surface area contributed by atoms with Crippen LogP contribution in [-0.4, -0.2) is 37.3 Å². The molecule has 2 rings (SSSR count). The Hall–Kier alpha value is -1.30. The Morgan fingerprint density at radius 2 is 2.31 bits per heavy atom. The molecule has 1 heterocycles. The molecular formula is C10H14N2O3S. The van der Waals surface area contributed by atoms with Gasteiger partial charge in [-0.05, 0) is 6.42 Å². The van der Waals surface area contributed by atoms with Crippen LogP contribution in [0.4, 0.5) is 5.13 Å². The molecule has 0 saturated heterocycles. The second-order valence-corrected chi connectivity index (χ2v) is 5.06. The third-order valence-electron chi connectivity index (χ3n) is 2.63. The molecule has 0 spiro atoms. The summed E-state index contributed by atoms with van der Waals surface area (Å²) in [4.78, 5) is 18.0. The Bertz CT molecular complexity index is 416. The van der Waals surface area contributed by atoms with Crippen molar-refractivity contribution in [2.45, 2.75) is 12.3 Å². The number of aromatic nitrogens is 1. The van der Waals surface area contributed by atoms with Crippen LogP contribution in [0, 0.1) is 5.92 Å². The van der Waals surface area contributed by atoms with E-state index in [1.807, 2.05) is 19.0 Å². The van der Waals surface area contributed by atoms with Gasteiger partial charge in [0.2, 0.25) is 5.88 Å². The van der Waals surface area contributed by atoms with E-state index in [9.17, 15) is 4.79 Å². The maximum absolute atomic E-state index is 10.8. The number of aliphatic carboxylic acids is 1. The van der Waals surface area contributed by atoms with Gasteiger partial charge in [0.05, 0.1) is 17.9 Å². The van der Waals surface area contributed by atoms with Gasteiger partial charge in [0.15, 0.2) is 5.13 Å². The van der Waals surface area contributed by atoms with Gasteiger partial charge in [0.1, 0.15) is 0 Å². The standard InChI is InChI=1S/C10H14N2O3S/c1-12(2)10-11-8(15-3)7(16-10)5-4-6(5)9(13)14/h5-6H,4H2,1-3H3,(H,13,14). The molecule has 1 aromatic heterocycles. The molecule has 0 bridgehead atoms. The lowest BCUT2D eigenvalue weighted by Crippen LogP contribution is -2.07. The molecule has 5 nitrogen and oxygen atoms in total. The van der Waals surface area contributed by atoms with Crippen molar-refractivity contribution in [2.24, 2.45) is 5.92 Å². The highest BCUT2D eigenvalue weighted by atomic mass is 32.1. The van der Waals surface area contributed by atoms with Crippen LogP contribution in [0.3, 0.4) is 0 Å². The number of hydrogen-bond acceptors (Lipinski definition) is 5. The van der Waals surface area contributed by atoms with Crippen molar-refractivity contribution >= 4 is 22.4 Å². The van der Waals surface area contributed by atoms with Crippen molar-refractivity contribution in [1.82, 2.24) is 4.98 Å². The van der Waals surface area contributed by atoms with Gasteiger partial charge in [0.25, 0.3) is 0 Å². The van der Waals surface area contributed by atoms with E-state index in [1.54, 1.807) is 7.11 Å². The minimum Gasteiger partial charge on any atom is -0.481 e. The van der Waals surface area contributed by atoms with Crippen molar-refractivity contribution in [3.05, 3.63) is 4.88 Å². The number of methoxy groups -OCH3 is 1. The Kier molecular flexibility index (Phi) is 2.75. The molecule has 0 aromatic carbocycles. The molecule has 88 valence electrons. The van der Waals surface area contributed by atoms with Gasteiger partial charge in [-0.15, -0.1) is 0 Å². The molecule has 1 saturated carbocycles. The first-order valence-electron chi connectivity index (χ1n) is 4.99. The summed E-state index contributed by atoms with van der Waals surface area (Å²) in [6.45, 7) is 0. The molecule has 1 fully saturated rings. The molecule has 1 N–H and O–H groups in total. The highest BCUT2D eigenvalue weighted by molar-refractivity contribution is 7.16. The van der Waals surface area contributed by atoms with Crippen LogP contribution in [0.2, 0.25) is 0 Å². The summed E-state index contributed by atoms with van der Waals surface area (Å²) in [5.41, 5.74) is 0. The second-order valence-electron chi connectivity index (χ2n) is 4.05. The van der Waals surface area contributed by atoms with Gasteiger partial charge in [0, 0.05) is 20.0 Å². The summed E-state index contributed by atoms with van der Waals surface area (Å²) in [7, 11) is 5.38. The maximum Gasteiger partial charge on any atom is 0.307 e. The summed E-state index contributed by atoms with van der Waals surface area (Å²) in [5.74, 6) is -0.336. The summed E-state index contributed by atoms with van der Waals surface area (Å²) < 4.78 is 5.19. The monoisotopic (exact) mass is 242 g/mol.